The number of ketones is 1. The van der Waals surface area contributed by atoms with Crippen molar-refractivity contribution in [3.63, 3.8) is 0 Å². The van der Waals surface area contributed by atoms with Gasteiger partial charge in [-0.25, -0.2) is 0 Å². The average Bonchev–Trinajstić information content (AvgIpc) is 2.65. The smallest absolute Gasteiger partial charge is 0.305 e. The first-order valence-electron chi connectivity index (χ1n) is 11.0. The topological polar surface area (TPSA) is 104 Å². The number of aliphatic carboxylic acids is 1. The first-order valence-corrected chi connectivity index (χ1v) is 11.0. The monoisotopic (exact) mass is 412 g/mol. The second-order valence-electron chi connectivity index (χ2n) is 9.09. The van der Waals surface area contributed by atoms with Gasteiger partial charge in [-0.3, -0.25) is 9.59 Å². The Labute approximate surface area is 175 Å². The molecule has 0 bridgehead atoms. The molecule has 0 aromatic rings. The Bertz CT molecular complexity index is 531. The van der Waals surface area contributed by atoms with E-state index in [-0.39, 0.29) is 42.2 Å². The molecule has 3 N–H and O–H groups in total. The van der Waals surface area contributed by atoms with Crippen LogP contribution in [0.5, 0.6) is 0 Å². The van der Waals surface area contributed by atoms with Crippen LogP contribution in [0.15, 0.2) is 12.3 Å². The quantitative estimate of drug-likeness (QED) is 0.385. The number of rotatable bonds is 13. The van der Waals surface area contributed by atoms with Gasteiger partial charge in [-0.1, -0.05) is 27.7 Å². The van der Waals surface area contributed by atoms with Crippen LogP contribution in [0.25, 0.3) is 0 Å². The third-order valence-corrected chi connectivity index (χ3v) is 6.22. The second-order valence-corrected chi connectivity index (χ2v) is 9.09. The zero-order chi connectivity index (χ0) is 22.0. The summed E-state index contributed by atoms with van der Waals surface area (Å²) in [5, 5.41) is 27.6. The van der Waals surface area contributed by atoms with Gasteiger partial charge in [0.2, 0.25) is 0 Å². The average molecular weight is 413 g/mol. The third kappa shape index (κ3) is 9.77. The van der Waals surface area contributed by atoms with Crippen LogP contribution in [0.1, 0.15) is 79.1 Å². The molecule has 0 radical (unpaired) electrons. The lowest BCUT2D eigenvalue weighted by atomic mass is 9.84. The molecule has 0 aliphatic carbocycles. The number of carboxylic acid groups (broad SMARTS) is 1. The number of carboxylic acids is 1. The van der Waals surface area contributed by atoms with Crippen molar-refractivity contribution >= 4 is 11.8 Å². The van der Waals surface area contributed by atoms with Crippen LogP contribution in [0.4, 0.5) is 0 Å². The van der Waals surface area contributed by atoms with Gasteiger partial charge < -0.3 is 20.1 Å². The van der Waals surface area contributed by atoms with Crippen LogP contribution in [0.3, 0.4) is 0 Å². The van der Waals surface area contributed by atoms with Crippen LogP contribution in [-0.2, 0) is 14.3 Å². The van der Waals surface area contributed by atoms with Crippen molar-refractivity contribution in [3.8, 4) is 0 Å². The molecule has 7 atom stereocenters. The van der Waals surface area contributed by atoms with Gasteiger partial charge >= 0.3 is 5.97 Å². The first-order chi connectivity index (χ1) is 13.6. The standard InChI is InChI=1S/C23H40O6/c1-15(12-16(2)21(26)10-11-24)8-9-20(25)17(3)13-18(4)22-7-5-6-19(29-22)14-23(27)28/h10-11,15-19,21-22,24,26H,5-9,12-14H2,1-4H3,(H,27,28)/b11-10-/t15?,16?,17?,18-,19?,21+,22+/m0/s1. The van der Waals surface area contributed by atoms with Gasteiger partial charge in [-0.15, -0.1) is 0 Å². The fourth-order valence-corrected chi connectivity index (χ4v) is 4.34. The molecule has 29 heavy (non-hydrogen) atoms. The van der Waals surface area contributed by atoms with Crippen molar-refractivity contribution < 1.29 is 29.6 Å². The molecule has 6 heteroatoms. The number of ether oxygens (including phenoxy) is 1. The minimum atomic E-state index is -0.824. The molecule has 0 spiro atoms. The molecule has 1 aliphatic rings. The number of carbonyl (C=O) groups excluding carboxylic acids is 1. The lowest BCUT2D eigenvalue weighted by molar-refractivity contribution is -0.145. The largest absolute Gasteiger partial charge is 0.516 e. The Balaban J connectivity index is 2.38. The van der Waals surface area contributed by atoms with Gasteiger partial charge in [0.25, 0.3) is 0 Å². The number of carbonyl (C=O) groups is 2. The maximum absolute atomic E-state index is 12.6. The summed E-state index contributed by atoms with van der Waals surface area (Å²) in [5.41, 5.74) is 0. The molecule has 1 heterocycles. The van der Waals surface area contributed by atoms with Gasteiger partial charge in [0.15, 0.2) is 0 Å². The van der Waals surface area contributed by atoms with Crippen molar-refractivity contribution in [1.29, 1.82) is 0 Å². The number of hydrogen-bond donors (Lipinski definition) is 3. The van der Waals surface area contributed by atoms with Crippen LogP contribution in [0.2, 0.25) is 0 Å². The lowest BCUT2D eigenvalue weighted by Gasteiger charge is -2.34. The van der Waals surface area contributed by atoms with E-state index in [4.69, 9.17) is 14.9 Å². The Morgan fingerprint density at radius 2 is 1.83 bits per heavy atom. The molecule has 1 rings (SSSR count). The molecule has 6 nitrogen and oxygen atoms in total. The highest BCUT2D eigenvalue weighted by Crippen LogP contribution is 2.30. The summed E-state index contributed by atoms with van der Waals surface area (Å²) < 4.78 is 5.98. The van der Waals surface area contributed by atoms with Gasteiger partial charge in [0.1, 0.15) is 5.78 Å². The van der Waals surface area contributed by atoms with Gasteiger partial charge in [0.05, 0.1) is 31.0 Å². The molecule has 1 fully saturated rings. The van der Waals surface area contributed by atoms with E-state index in [1.165, 1.54) is 6.08 Å². The number of hydrogen-bond acceptors (Lipinski definition) is 5. The highest BCUT2D eigenvalue weighted by molar-refractivity contribution is 5.80. The predicted molar refractivity (Wildman–Crippen MR) is 113 cm³/mol. The van der Waals surface area contributed by atoms with Crippen molar-refractivity contribution in [2.24, 2.45) is 23.7 Å². The Kier molecular flexibility index (Phi) is 11.5. The third-order valence-electron chi connectivity index (χ3n) is 6.22. The fourth-order valence-electron chi connectivity index (χ4n) is 4.34. The van der Waals surface area contributed by atoms with Crippen LogP contribution >= 0.6 is 0 Å². The molecule has 0 saturated carbocycles. The molecular weight excluding hydrogens is 372 g/mol. The van der Waals surface area contributed by atoms with Gasteiger partial charge in [-0.05, 0) is 62.4 Å². The molecular formula is C23H40O6. The van der Waals surface area contributed by atoms with Crippen LogP contribution < -0.4 is 0 Å². The molecule has 168 valence electrons. The summed E-state index contributed by atoms with van der Waals surface area (Å²) in [4.78, 5) is 23.5. The summed E-state index contributed by atoms with van der Waals surface area (Å²) >= 11 is 0. The van der Waals surface area contributed by atoms with E-state index in [2.05, 4.69) is 13.8 Å². The molecule has 1 saturated heterocycles. The minimum absolute atomic E-state index is 0.0307. The van der Waals surface area contributed by atoms with E-state index < -0.39 is 12.1 Å². The predicted octanol–water partition coefficient (Wildman–Crippen LogP) is 4.51. The maximum atomic E-state index is 12.6. The van der Waals surface area contributed by atoms with E-state index in [0.717, 1.165) is 44.8 Å². The maximum Gasteiger partial charge on any atom is 0.305 e. The molecule has 0 aromatic carbocycles. The molecule has 0 amide bonds. The lowest BCUT2D eigenvalue weighted by Crippen LogP contribution is -2.34. The summed E-state index contributed by atoms with van der Waals surface area (Å²) in [6.45, 7) is 8.09. The summed E-state index contributed by atoms with van der Waals surface area (Å²) in [5.74, 6) is -0.0356. The van der Waals surface area contributed by atoms with E-state index in [9.17, 15) is 14.7 Å². The van der Waals surface area contributed by atoms with Crippen molar-refractivity contribution in [3.05, 3.63) is 12.3 Å². The summed E-state index contributed by atoms with van der Waals surface area (Å²) in [7, 11) is 0. The fraction of sp³-hybridized carbons (Fsp3) is 0.826. The minimum Gasteiger partial charge on any atom is -0.516 e. The number of aliphatic hydroxyl groups is 2. The van der Waals surface area contributed by atoms with E-state index in [1.807, 2.05) is 13.8 Å². The highest BCUT2D eigenvalue weighted by Gasteiger charge is 2.30. The molecule has 1 aliphatic heterocycles. The second kappa shape index (κ2) is 13.0. The Morgan fingerprint density at radius 1 is 1.14 bits per heavy atom. The van der Waals surface area contributed by atoms with Crippen LogP contribution in [-0.4, -0.2) is 45.4 Å². The number of Topliss-reactive ketones (excluding diaryl/α,β-unsaturated/α-hetero) is 1. The van der Waals surface area contributed by atoms with E-state index >= 15 is 0 Å². The highest BCUT2D eigenvalue weighted by atomic mass is 16.5. The number of aliphatic hydroxyl groups excluding tert-OH is 2. The molecule has 4 unspecified atom stereocenters. The van der Waals surface area contributed by atoms with Crippen molar-refractivity contribution in [2.75, 3.05) is 0 Å². The van der Waals surface area contributed by atoms with Crippen LogP contribution in [0, 0.1) is 23.7 Å². The molecule has 0 aromatic heterocycles. The summed E-state index contributed by atoms with van der Waals surface area (Å²) in [6, 6.07) is 0. The SMILES string of the molecule is CC(CCC(=O)C(C)C[C@H](C)[C@H]1CCCC(CC(=O)O)O1)CC(C)[C@H](O)/C=C\O. The van der Waals surface area contributed by atoms with Crippen molar-refractivity contribution in [2.45, 2.75) is 97.4 Å². The van der Waals surface area contributed by atoms with Gasteiger partial charge in [0, 0.05) is 12.3 Å². The summed E-state index contributed by atoms with van der Waals surface area (Å²) in [6.07, 6.45) is 7.02. The van der Waals surface area contributed by atoms with E-state index in [1.54, 1.807) is 0 Å². The normalized spacial score (nSPS) is 25.3. The van der Waals surface area contributed by atoms with Crippen molar-refractivity contribution in [1.82, 2.24) is 0 Å². The zero-order valence-electron chi connectivity index (χ0n) is 18.4. The zero-order valence-corrected chi connectivity index (χ0v) is 18.4. The Morgan fingerprint density at radius 3 is 2.45 bits per heavy atom. The first kappa shape index (κ1) is 25.6. The van der Waals surface area contributed by atoms with E-state index in [0.29, 0.717) is 12.3 Å². The van der Waals surface area contributed by atoms with Gasteiger partial charge in [-0.2, -0.15) is 0 Å². The Hall–Kier alpha value is -1.40.